The third-order valence-corrected chi connectivity index (χ3v) is 2.31. The van der Waals surface area contributed by atoms with E-state index >= 15 is 0 Å². The molecule has 0 amide bonds. The molecule has 0 spiro atoms. The Morgan fingerprint density at radius 1 is 1.20 bits per heavy atom. The van der Waals surface area contributed by atoms with Gasteiger partial charge in [-0.3, -0.25) is 0 Å². The van der Waals surface area contributed by atoms with E-state index < -0.39 is 0 Å². The molecule has 1 rings (SSSR count). The van der Waals surface area contributed by atoms with E-state index in [1.807, 2.05) is 0 Å². The van der Waals surface area contributed by atoms with Gasteiger partial charge in [0.15, 0.2) is 10.8 Å². The Hall–Kier alpha value is -0.980. The predicted molar refractivity (Wildman–Crippen MR) is 55.8 cm³/mol. The number of ether oxygens (including phenoxy) is 3. The van der Waals surface area contributed by atoms with E-state index in [4.69, 9.17) is 19.3 Å². The van der Waals surface area contributed by atoms with Crippen LogP contribution in [-0.4, -0.2) is 43.8 Å². The van der Waals surface area contributed by atoms with Gasteiger partial charge < -0.3 is 24.4 Å². The summed E-state index contributed by atoms with van der Waals surface area (Å²) in [5.41, 5.74) is 0. The van der Waals surface area contributed by atoms with E-state index in [1.54, 1.807) is 7.11 Å². The first kappa shape index (κ1) is 12.1. The molecule has 0 unspecified atom stereocenters. The Labute approximate surface area is 91.8 Å². The minimum atomic E-state index is -0.0237. The Balaban J connectivity index is 2.12. The van der Waals surface area contributed by atoms with Crippen molar-refractivity contribution in [2.45, 2.75) is 0 Å². The smallest absolute Gasteiger partial charge is 0.218 e. The SMILES string of the molecule is COCCOCCOc1cc(O)sc1O. The second kappa shape index (κ2) is 6.49. The molecule has 0 aromatic carbocycles. The molecule has 0 atom stereocenters. The maximum absolute atomic E-state index is 9.24. The van der Waals surface area contributed by atoms with Gasteiger partial charge in [-0.15, -0.1) is 0 Å². The van der Waals surface area contributed by atoms with Crippen molar-refractivity contribution in [3.8, 4) is 15.9 Å². The van der Waals surface area contributed by atoms with Gasteiger partial charge in [-0.25, -0.2) is 0 Å². The lowest BCUT2D eigenvalue weighted by Crippen LogP contribution is -2.09. The Morgan fingerprint density at radius 2 is 1.93 bits per heavy atom. The van der Waals surface area contributed by atoms with Crippen molar-refractivity contribution in [3.63, 3.8) is 0 Å². The molecule has 86 valence electrons. The third kappa shape index (κ3) is 4.37. The Kier molecular flexibility index (Phi) is 5.23. The molecule has 15 heavy (non-hydrogen) atoms. The van der Waals surface area contributed by atoms with Crippen LogP contribution in [0.1, 0.15) is 0 Å². The summed E-state index contributed by atoms with van der Waals surface area (Å²) in [4.78, 5) is 0. The van der Waals surface area contributed by atoms with Crippen molar-refractivity contribution in [3.05, 3.63) is 6.07 Å². The van der Waals surface area contributed by atoms with Gasteiger partial charge in [-0.2, -0.15) is 0 Å². The lowest BCUT2D eigenvalue weighted by Gasteiger charge is -2.05. The number of rotatable bonds is 7. The first-order valence-corrected chi connectivity index (χ1v) is 5.27. The largest absolute Gasteiger partial charge is 0.499 e. The first-order chi connectivity index (χ1) is 7.24. The number of hydrogen-bond acceptors (Lipinski definition) is 6. The minimum absolute atomic E-state index is 0.0237. The maximum atomic E-state index is 9.24. The average molecular weight is 234 g/mol. The van der Waals surface area contributed by atoms with Gasteiger partial charge in [0, 0.05) is 13.2 Å². The fraction of sp³-hybridized carbons (Fsp3) is 0.556. The minimum Gasteiger partial charge on any atom is -0.499 e. The van der Waals surface area contributed by atoms with Crippen LogP contribution in [0, 0.1) is 0 Å². The van der Waals surface area contributed by atoms with Gasteiger partial charge in [0.25, 0.3) is 0 Å². The summed E-state index contributed by atoms with van der Waals surface area (Å²) < 4.78 is 15.1. The first-order valence-electron chi connectivity index (χ1n) is 4.45. The van der Waals surface area contributed by atoms with E-state index in [2.05, 4.69) is 0 Å². The molecule has 1 heterocycles. The van der Waals surface area contributed by atoms with Crippen molar-refractivity contribution >= 4 is 11.3 Å². The molecule has 0 aliphatic carbocycles. The van der Waals surface area contributed by atoms with Crippen LogP contribution in [0.2, 0.25) is 0 Å². The highest BCUT2D eigenvalue weighted by atomic mass is 32.1. The second-order valence-corrected chi connectivity index (χ2v) is 3.72. The van der Waals surface area contributed by atoms with Crippen molar-refractivity contribution in [2.75, 3.05) is 33.5 Å². The van der Waals surface area contributed by atoms with Crippen LogP contribution < -0.4 is 4.74 Å². The van der Waals surface area contributed by atoms with Crippen molar-refractivity contribution in [1.29, 1.82) is 0 Å². The van der Waals surface area contributed by atoms with Gasteiger partial charge in [-0.05, 0) is 0 Å². The van der Waals surface area contributed by atoms with Gasteiger partial charge in [0.2, 0.25) is 5.06 Å². The highest BCUT2D eigenvalue weighted by Crippen LogP contribution is 2.39. The second-order valence-electron chi connectivity index (χ2n) is 2.71. The van der Waals surface area contributed by atoms with E-state index in [1.165, 1.54) is 6.07 Å². The standard InChI is InChI=1S/C9H14O5S/c1-12-2-3-13-4-5-14-7-6-8(10)15-9(7)11/h6,10-11H,2-5H2,1H3. The van der Waals surface area contributed by atoms with Crippen molar-refractivity contribution in [1.82, 2.24) is 0 Å². The topological polar surface area (TPSA) is 68.2 Å². The molecule has 0 saturated carbocycles. The summed E-state index contributed by atoms with van der Waals surface area (Å²) in [5, 5.41) is 18.3. The molecule has 1 aromatic heterocycles. The number of thiophene rings is 1. The van der Waals surface area contributed by atoms with Crippen LogP contribution in [-0.2, 0) is 9.47 Å². The van der Waals surface area contributed by atoms with Gasteiger partial charge >= 0.3 is 0 Å². The average Bonchev–Trinajstić information content (AvgIpc) is 2.51. The quantitative estimate of drug-likeness (QED) is 0.694. The fourth-order valence-corrected chi connectivity index (χ4v) is 1.49. The van der Waals surface area contributed by atoms with Crippen LogP contribution in [0.4, 0.5) is 0 Å². The van der Waals surface area contributed by atoms with E-state index in [-0.39, 0.29) is 15.9 Å². The lowest BCUT2D eigenvalue weighted by molar-refractivity contribution is 0.0541. The normalized spacial score (nSPS) is 10.5. The summed E-state index contributed by atoms with van der Waals surface area (Å²) in [7, 11) is 1.60. The molecule has 2 N–H and O–H groups in total. The highest BCUT2D eigenvalue weighted by Gasteiger charge is 2.07. The van der Waals surface area contributed by atoms with Crippen LogP contribution in [0.25, 0.3) is 0 Å². The number of hydrogen-bond donors (Lipinski definition) is 2. The summed E-state index contributed by atoms with van der Waals surface area (Å²) in [6, 6.07) is 1.37. The Bertz CT molecular complexity index is 286. The summed E-state index contributed by atoms with van der Waals surface area (Å²) in [5.74, 6) is 0.285. The van der Waals surface area contributed by atoms with Crippen molar-refractivity contribution in [2.24, 2.45) is 0 Å². The van der Waals surface area contributed by atoms with E-state index in [0.717, 1.165) is 11.3 Å². The molecule has 6 heteroatoms. The van der Waals surface area contributed by atoms with Crippen LogP contribution in [0.3, 0.4) is 0 Å². The van der Waals surface area contributed by atoms with Crippen molar-refractivity contribution < 1.29 is 24.4 Å². The molecule has 1 aromatic rings. The summed E-state index contributed by atoms with van der Waals surface area (Å²) in [6.45, 7) is 1.80. The van der Waals surface area contributed by atoms with Crippen LogP contribution >= 0.6 is 11.3 Å². The van der Waals surface area contributed by atoms with Crippen LogP contribution in [0.15, 0.2) is 6.07 Å². The molecule has 5 nitrogen and oxygen atoms in total. The van der Waals surface area contributed by atoms with E-state index in [9.17, 15) is 5.11 Å². The van der Waals surface area contributed by atoms with Gasteiger partial charge in [0.05, 0.1) is 19.8 Å². The van der Waals surface area contributed by atoms with Gasteiger partial charge in [0.1, 0.15) is 6.61 Å². The molecule has 0 aliphatic rings. The molecule has 0 bridgehead atoms. The molecular formula is C9H14O5S. The maximum Gasteiger partial charge on any atom is 0.218 e. The van der Waals surface area contributed by atoms with Gasteiger partial charge in [-0.1, -0.05) is 11.3 Å². The summed E-state index contributed by atoms with van der Waals surface area (Å²) >= 11 is 0.866. The van der Waals surface area contributed by atoms with Crippen LogP contribution in [0.5, 0.6) is 15.9 Å². The fourth-order valence-electron chi connectivity index (χ4n) is 0.911. The zero-order chi connectivity index (χ0) is 11.1. The predicted octanol–water partition coefficient (Wildman–Crippen LogP) is 1.20. The third-order valence-electron chi connectivity index (χ3n) is 1.58. The lowest BCUT2D eigenvalue weighted by atomic mass is 10.5. The Morgan fingerprint density at radius 3 is 2.53 bits per heavy atom. The summed E-state index contributed by atoms with van der Waals surface area (Å²) in [6.07, 6.45) is 0. The molecule has 0 aliphatic heterocycles. The number of aromatic hydroxyl groups is 2. The molecule has 0 fully saturated rings. The number of methoxy groups -OCH3 is 1. The zero-order valence-electron chi connectivity index (χ0n) is 8.43. The molecule has 0 radical (unpaired) electrons. The molecule has 0 saturated heterocycles. The monoisotopic (exact) mass is 234 g/mol. The highest BCUT2D eigenvalue weighted by molar-refractivity contribution is 7.15. The van der Waals surface area contributed by atoms with E-state index in [0.29, 0.717) is 26.4 Å². The molecular weight excluding hydrogens is 220 g/mol. The zero-order valence-corrected chi connectivity index (χ0v) is 9.25.